The monoisotopic (exact) mass is 307 g/mol. The van der Waals surface area contributed by atoms with Crippen LogP contribution in [0.1, 0.15) is 15.3 Å². The van der Waals surface area contributed by atoms with Crippen LogP contribution in [0.5, 0.6) is 0 Å². The van der Waals surface area contributed by atoms with Gasteiger partial charge in [0.05, 0.1) is 17.3 Å². The van der Waals surface area contributed by atoms with Crippen molar-refractivity contribution in [3.8, 4) is 6.07 Å². The molecule has 0 fully saturated rings. The van der Waals surface area contributed by atoms with Gasteiger partial charge in [0.25, 0.3) is 0 Å². The smallest absolute Gasteiger partial charge is 0.242 e. The van der Waals surface area contributed by atoms with Crippen molar-refractivity contribution in [2.75, 3.05) is 5.73 Å². The summed E-state index contributed by atoms with van der Waals surface area (Å²) in [5, 5.41) is 8.74. The van der Waals surface area contributed by atoms with E-state index in [0.29, 0.717) is 5.56 Å². The van der Waals surface area contributed by atoms with Gasteiger partial charge in [-0.2, -0.15) is 5.26 Å². The van der Waals surface area contributed by atoms with Crippen molar-refractivity contribution in [2.45, 2.75) is 18.4 Å². The van der Waals surface area contributed by atoms with Gasteiger partial charge in [-0.3, -0.25) is 0 Å². The van der Waals surface area contributed by atoms with E-state index in [9.17, 15) is 8.42 Å². The summed E-state index contributed by atoms with van der Waals surface area (Å²) >= 11 is 1.53. The first-order valence-electron chi connectivity index (χ1n) is 5.77. The van der Waals surface area contributed by atoms with Crippen LogP contribution in [0.4, 0.5) is 5.69 Å². The van der Waals surface area contributed by atoms with Crippen LogP contribution in [0.2, 0.25) is 0 Å². The highest BCUT2D eigenvalue weighted by Crippen LogP contribution is 2.20. The fourth-order valence-corrected chi connectivity index (χ4v) is 3.73. The quantitative estimate of drug-likeness (QED) is 0.844. The van der Waals surface area contributed by atoms with Gasteiger partial charge in [0.1, 0.15) is 4.90 Å². The number of hydrogen-bond acceptors (Lipinski definition) is 5. The summed E-state index contributed by atoms with van der Waals surface area (Å²) in [6, 6.07) is 9.85. The van der Waals surface area contributed by atoms with Gasteiger partial charge in [0.15, 0.2) is 0 Å². The Morgan fingerprint density at radius 1 is 1.35 bits per heavy atom. The highest BCUT2D eigenvalue weighted by atomic mass is 32.2. The van der Waals surface area contributed by atoms with E-state index in [-0.39, 0.29) is 17.1 Å². The largest absolute Gasteiger partial charge is 0.398 e. The van der Waals surface area contributed by atoms with Crippen molar-refractivity contribution in [3.63, 3.8) is 0 Å². The molecule has 20 heavy (non-hydrogen) atoms. The van der Waals surface area contributed by atoms with Crippen LogP contribution in [0, 0.1) is 18.3 Å². The number of hydrogen-bond donors (Lipinski definition) is 2. The molecule has 7 heteroatoms. The zero-order valence-electron chi connectivity index (χ0n) is 10.8. The maximum atomic E-state index is 12.2. The molecule has 0 unspecified atom stereocenters. The summed E-state index contributed by atoms with van der Waals surface area (Å²) in [5.74, 6) is 0. The van der Waals surface area contributed by atoms with Crippen molar-refractivity contribution in [2.24, 2.45) is 0 Å². The highest BCUT2D eigenvalue weighted by molar-refractivity contribution is 7.89. The topological polar surface area (TPSA) is 96.0 Å². The Kier molecular flexibility index (Phi) is 4.09. The first kappa shape index (κ1) is 14.5. The molecule has 0 spiro atoms. The maximum Gasteiger partial charge on any atom is 0.242 e. The third-order valence-corrected chi connectivity index (χ3v) is 5.14. The lowest BCUT2D eigenvalue weighted by atomic mass is 10.2. The van der Waals surface area contributed by atoms with Crippen molar-refractivity contribution in [3.05, 3.63) is 45.6 Å². The summed E-state index contributed by atoms with van der Waals surface area (Å²) in [4.78, 5) is 2.04. The normalized spacial score (nSPS) is 11.2. The van der Waals surface area contributed by atoms with E-state index in [2.05, 4.69) is 4.72 Å². The second-order valence-electron chi connectivity index (χ2n) is 4.20. The Morgan fingerprint density at radius 3 is 2.65 bits per heavy atom. The number of nitriles is 1. The molecule has 104 valence electrons. The lowest BCUT2D eigenvalue weighted by Gasteiger charge is -2.08. The van der Waals surface area contributed by atoms with E-state index in [0.717, 1.165) is 9.75 Å². The van der Waals surface area contributed by atoms with Gasteiger partial charge in [-0.05, 0) is 37.3 Å². The van der Waals surface area contributed by atoms with Gasteiger partial charge in [0, 0.05) is 16.3 Å². The first-order chi connectivity index (χ1) is 9.42. The molecule has 5 nitrogen and oxygen atoms in total. The minimum atomic E-state index is -3.68. The lowest BCUT2D eigenvalue weighted by molar-refractivity contribution is 0.582. The van der Waals surface area contributed by atoms with E-state index in [1.807, 2.05) is 25.1 Å². The molecule has 1 heterocycles. The van der Waals surface area contributed by atoms with E-state index in [1.165, 1.54) is 29.5 Å². The molecule has 0 radical (unpaired) electrons. The maximum absolute atomic E-state index is 12.2. The molecule has 1 aromatic heterocycles. The van der Waals surface area contributed by atoms with Gasteiger partial charge in [0.2, 0.25) is 10.0 Å². The molecular weight excluding hydrogens is 294 g/mol. The van der Waals surface area contributed by atoms with Crippen molar-refractivity contribution in [1.82, 2.24) is 4.72 Å². The minimum absolute atomic E-state index is 0.00946. The Hall–Kier alpha value is -1.88. The number of anilines is 1. The SMILES string of the molecule is Cc1ccc(CNS(=O)(=O)c2ccc(C#N)cc2N)s1. The van der Waals surface area contributed by atoms with E-state index in [4.69, 9.17) is 11.0 Å². The lowest BCUT2D eigenvalue weighted by Crippen LogP contribution is -2.23. The van der Waals surface area contributed by atoms with E-state index in [1.54, 1.807) is 0 Å². The molecule has 0 aliphatic carbocycles. The van der Waals surface area contributed by atoms with Crippen molar-refractivity contribution in [1.29, 1.82) is 5.26 Å². The van der Waals surface area contributed by atoms with E-state index >= 15 is 0 Å². The van der Waals surface area contributed by atoms with Gasteiger partial charge in [-0.15, -0.1) is 11.3 Å². The van der Waals surface area contributed by atoms with Crippen LogP contribution < -0.4 is 10.5 Å². The number of aryl methyl sites for hydroxylation is 1. The summed E-state index contributed by atoms with van der Waals surface area (Å²) in [5.41, 5.74) is 6.09. The Balaban J connectivity index is 2.20. The van der Waals surface area contributed by atoms with Crippen LogP contribution in [-0.2, 0) is 16.6 Å². The van der Waals surface area contributed by atoms with Crippen molar-refractivity contribution < 1.29 is 8.42 Å². The predicted octanol–water partition coefficient (Wildman–Crippen LogP) is 1.99. The molecular formula is C13H13N3O2S2. The molecule has 0 aliphatic heterocycles. The average Bonchev–Trinajstić information content (AvgIpc) is 2.82. The van der Waals surface area contributed by atoms with Gasteiger partial charge >= 0.3 is 0 Å². The second kappa shape index (κ2) is 5.63. The number of nitrogens with two attached hydrogens (primary N) is 1. The molecule has 0 saturated heterocycles. The zero-order chi connectivity index (χ0) is 14.8. The number of sulfonamides is 1. The zero-order valence-corrected chi connectivity index (χ0v) is 12.4. The Bertz CT molecular complexity index is 773. The number of nitrogen functional groups attached to an aromatic ring is 1. The van der Waals surface area contributed by atoms with Gasteiger partial charge < -0.3 is 5.73 Å². The van der Waals surface area contributed by atoms with Crippen LogP contribution in [0.15, 0.2) is 35.2 Å². The Morgan fingerprint density at radius 2 is 2.10 bits per heavy atom. The van der Waals surface area contributed by atoms with Crippen LogP contribution >= 0.6 is 11.3 Å². The number of rotatable bonds is 4. The molecule has 2 aromatic rings. The molecule has 1 aromatic carbocycles. The van der Waals surface area contributed by atoms with Gasteiger partial charge in [-0.1, -0.05) is 0 Å². The van der Waals surface area contributed by atoms with Crippen LogP contribution in [0.25, 0.3) is 0 Å². The molecule has 3 N–H and O–H groups in total. The number of thiophene rings is 1. The van der Waals surface area contributed by atoms with Crippen molar-refractivity contribution >= 4 is 27.0 Å². The summed E-state index contributed by atoms with van der Waals surface area (Å²) in [7, 11) is -3.68. The summed E-state index contributed by atoms with van der Waals surface area (Å²) in [6.07, 6.45) is 0. The minimum Gasteiger partial charge on any atom is -0.398 e. The molecule has 0 aliphatic rings. The predicted molar refractivity (Wildman–Crippen MR) is 78.7 cm³/mol. The molecule has 0 amide bonds. The summed E-state index contributed by atoms with van der Waals surface area (Å²) < 4.78 is 26.8. The molecule has 0 atom stereocenters. The van der Waals surface area contributed by atoms with Crippen LogP contribution in [0.3, 0.4) is 0 Å². The molecule has 2 rings (SSSR count). The fraction of sp³-hybridized carbons (Fsp3) is 0.154. The number of nitrogens with one attached hydrogen (secondary N) is 1. The molecule has 0 saturated carbocycles. The Labute approximate surface area is 121 Å². The third-order valence-electron chi connectivity index (χ3n) is 2.66. The second-order valence-corrected chi connectivity index (χ2v) is 7.31. The summed E-state index contributed by atoms with van der Waals surface area (Å²) in [6.45, 7) is 2.18. The van der Waals surface area contributed by atoms with E-state index < -0.39 is 10.0 Å². The third kappa shape index (κ3) is 3.17. The molecule has 0 bridgehead atoms. The number of benzene rings is 1. The fourth-order valence-electron chi connectivity index (χ4n) is 1.69. The number of nitrogens with zero attached hydrogens (tertiary/aromatic N) is 1. The van der Waals surface area contributed by atoms with Crippen LogP contribution in [-0.4, -0.2) is 8.42 Å². The van der Waals surface area contributed by atoms with Gasteiger partial charge in [-0.25, -0.2) is 13.1 Å². The average molecular weight is 307 g/mol. The highest BCUT2D eigenvalue weighted by Gasteiger charge is 2.17. The first-order valence-corrected chi connectivity index (χ1v) is 8.07. The standard InChI is InChI=1S/C13H13N3O2S2/c1-9-2-4-11(19-9)8-16-20(17,18)13-5-3-10(7-14)6-12(13)15/h2-6,16H,8,15H2,1H3.